The van der Waals surface area contributed by atoms with Crippen LogP contribution in [0.25, 0.3) is 0 Å². The molecule has 6 heteroatoms. The van der Waals surface area contributed by atoms with Gasteiger partial charge in [-0.25, -0.2) is 0 Å². The lowest BCUT2D eigenvalue weighted by Crippen LogP contribution is -2.27. The molecule has 0 fully saturated rings. The summed E-state index contributed by atoms with van der Waals surface area (Å²) in [4.78, 5) is 14.1. The highest BCUT2D eigenvalue weighted by Crippen LogP contribution is 2.20. The SMILES string of the molecule is CN(C(=O)c1ccccc1I)c1cccc(C(N)=NO)c1. The van der Waals surface area contributed by atoms with Gasteiger partial charge in [0.25, 0.3) is 5.91 Å². The molecule has 0 aliphatic carbocycles. The number of amides is 1. The Morgan fingerprint density at radius 2 is 1.95 bits per heavy atom. The van der Waals surface area contributed by atoms with Crippen molar-refractivity contribution in [2.24, 2.45) is 10.9 Å². The average molecular weight is 395 g/mol. The Morgan fingerprint density at radius 3 is 2.62 bits per heavy atom. The molecular weight excluding hydrogens is 381 g/mol. The van der Waals surface area contributed by atoms with Crippen LogP contribution < -0.4 is 10.6 Å². The van der Waals surface area contributed by atoms with E-state index in [1.165, 1.54) is 4.90 Å². The van der Waals surface area contributed by atoms with Gasteiger partial charge in [0.15, 0.2) is 5.84 Å². The summed E-state index contributed by atoms with van der Waals surface area (Å²) in [5.41, 5.74) is 7.43. The predicted molar refractivity (Wildman–Crippen MR) is 90.8 cm³/mol. The first-order valence-corrected chi connectivity index (χ1v) is 7.23. The first kappa shape index (κ1) is 15.3. The van der Waals surface area contributed by atoms with Gasteiger partial charge in [0, 0.05) is 21.9 Å². The summed E-state index contributed by atoms with van der Waals surface area (Å²) < 4.78 is 0.888. The van der Waals surface area contributed by atoms with E-state index < -0.39 is 0 Å². The van der Waals surface area contributed by atoms with E-state index in [4.69, 9.17) is 10.9 Å². The summed E-state index contributed by atoms with van der Waals surface area (Å²) in [6.07, 6.45) is 0. The van der Waals surface area contributed by atoms with Crippen LogP contribution in [0.5, 0.6) is 0 Å². The lowest BCUT2D eigenvalue weighted by atomic mass is 10.1. The van der Waals surface area contributed by atoms with E-state index in [9.17, 15) is 4.79 Å². The van der Waals surface area contributed by atoms with Crippen LogP contribution in [0.3, 0.4) is 0 Å². The van der Waals surface area contributed by atoms with Crippen LogP contribution in [-0.4, -0.2) is 24.0 Å². The highest BCUT2D eigenvalue weighted by molar-refractivity contribution is 14.1. The van der Waals surface area contributed by atoms with Crippen LogP contribution in [0, 0.1) is 3.57 Å². The first-order chi connectivity index (χ1) is 10.0. The molecule has 0 aliphatic heterocycles. The van der Waals surface area contributed by atoms with Crippen molar-refractivity contribution < 1.29 is 10.0 Å². The second-order valence-corrected chi connectivity index (χ2v) is 5.54. The van der Waals surface area contributed by atoms with Crippen molar-refractivity contribution in [1.29, 1.82) is 0 Å². The molecule has 2 aromatic carbocycles. The fraction of sp³-hybridized carbons (Fsp3) is 0.0667. The monoisotopic (exact) mass is 395 g/mol. The molecule has 1 amide bonds. The summed E-state index contributed by atoms with van der Waals surface area (Å²) in [7, 11) is 1.69. The van der Waals surface area contributed by atoms with Gasteiger partial charge in [-0.1, -0.05) is 29.4 Å². The van der Waals surface area contributed by atoms with E-state index in [1.54, 1.807) is 37.4 Å². The summed E-state index contributed by atoms with van der Waals surface area (Å²) >= 11 is 2.13. The van der Waals surface area contributed by atoms with E-state index in [1.807, 2.05) is 18.2 Å². The number of nitrogens with two attached hydrogens (primary N) is 1. The largest absolute Gasteiger partial charge is 0.409 e. The average Bonchev–Trinajstić information content (AvgIpc) is 2.53. The molecule has 2 rings (SSSR count). The number of amidine groups is 1. The minimum atomic E-state index is -0.114. The quantitative estimate of drug-likeness (QED) is 0.276. The molecule has 0 spiro atoms. The normalized spacial score (nSPS) is 11.2. The van der Waals surface area contributed by atoms with Crippen molar-refractivity contribution in [2.75, 3.05) is 11.9 Å². The molecule has 0 saturated heterocycles. The number of hydrogen-bond acceptors (Lipinski definition) is 3. The number of rotatable bonds is 3. The Balaban J connectivity index is 2.34. The van der Waals surface area contributed by atoms with Crippen molar-refractivity contribution in [3.05, 3.63) is 63.2 Å². The Hall–Kier alpha value is -2.09. The molecule has 2 aromatic rings. The lowest BCUT2D eigenvalue weighted by Gasteiger charge is -2.18. The topological polar surface area (TPSA) is 78.9 Å². The van der Waals surface area contributed by atoms with Crippen molar-refractivity contribution in [2.45, 2.75) is 0 Å². The number of benzene rings is 2. The van der Waals surface area contributed by atoms with Crippen molar-refractivity contribution in [3.63, 3.8) is 0 Å². The van der Waals surface area contributed by atoms with Gasteiger partial charge in [-0.2, -0.15) is 0 Å². The van der Waals surface area contributed by atoms with Crippen molar-refractivity contribution >= 4 is 40.0 Å². The molecule has 0 saturated carbocycles. The van der Waals surface area contributed by atoms with Gasteiger partial charge in [0.1, 0.15) is 0 Å². The van der Waals surface area contributed by atoms with Crippen LogP contribution in [0.2, 0.25) is 0 Å². The molecule has 0 aromatic heterocycles. The zero-order valence-electron chi connectivity index (χ0n) is 11.3. The zero-order chi connectivity index (χ0) is 15.4. The van der Waals surface area contributed by atoms with Gasteiger partial charge in [0.05, 0.1) is 5.56 Å². The molecule has 21 heavy (non-hydrogen) atoms. The molecule has 5 nitrogen and oxygen atoms in total. The lowest BCUT2D eigenvalue weighted by molar-refractivity contribution is 0.0992. The molecule has 0 heterocycles. The van der Waals surface area contributed by atoms with Gasteiger partial charge in [-0.15, -0.1) is 0 Å². The number of carbonyl (C=O) groups excluding carboxylic acids is 1. The fourth-order valence-electron chi connectivity index (χ4n) is 1.86. The van der Waals surface area contributed by atoms with Gasteiger partial charge in [-0.05, 0) is 46.9 Å². The van der Waals surface area contributed by atoms with Crippen molar-refractivity contribution in [3.8, 4) is 0 Å². The zero-order valence-corrected chi connectivity index (χ0v) is 13.5. The number of oxime groups is 1. The number of halogens is 1. The molecule has 0 unspecified atom stereocenters. The summed E-state index contributed by atoms with van der Waals surface area (Å²) in [6, 6.07) is 14.3. The number of hydrogen-bond donors (Lipinski definition) is 2. The summed E-state index contributed by atoms with van der Waals surface area (Å²) in [6.45, 7) is 0. The molecule has 0 bridgehead atoms. The Labute approximate surface area is 136 Å². The van der Waals surface area contributed by atoms with Crippen LogP contribution in [0.15, 0.2) is 53.7 Å². The standard InChI is InChI=1S/C15H14IN3O2/c1-19(15(20)12-7-2-3-8-13(12)16)11-6-4-5-10(9-11)14(17)18-21/h2-9,21H,1H3,(H2,17,18). The van der Waals surface area contributed by atoms with E-state index in [0.717, 1.165) is 3.57 Å². The third-order valence-corrected chi connectivity index (χ3v) is 3.99. The fourth-order valence-corrected chi connectivity index (χ4v) is 2.48. The third-order valence-electron chi connectivity index (χ3n) is 3.05. The Morgan fingerprint density at radius 1 is 1.24 bits per heavy atom. The van der Waals surface area contributed by atoms with Crippen LogP contribution in [0.4, 0.5) is 5.69 Å². The van der Waals surface area contributed by atoms with Gasteiger partial charge in [0.2, 0.25) is 0 Å². The van der Waals surface area contributed by atoms with Crippen molar-refractivity contribution in [1.82, 2.24) is 0 Å². The van der Waals surface area contributed by atoms with Gasteiger partial charge < -0.3 is 15.8 Å². The first-order valence-electron chi connectivity index (χ1n) is 6.15. The maximum atomic E-state index is 12.5. The van der Waals surface area contributed by atoms with E-state index in [0.29, 0.717) is 16.8 Å². The number of carbonyl (C=O) groups is 1. The summed E-state index contributed by atoms with van der Waals surface area (Å²) in [5, 5.41) is 11.7. The second-order valence-electron chi connectivity index (χ2n) is 4.38. The highest BCUT2D eigenvalue weighted by Gasteiger charge is 2.16. The molecular formula is C15H14IN3O2. The number of anilines is 1. The Bertz CT molecular complexity index is 701. The number of nitrogens with zero attached hydrogens (tertiary/aromatic N) is 2. The van der Waals surface area contributed by atoms with Crippen LogP contribution >= 0.6 is 22.6 Å². The highest BCUT2D eigenvalue weighted by atomic mass is 127. The van der Waals surface area contributed by atoms with Crippen LogP contribution in [-0.2, 0) is 0 Å². The van der Waals surface area contributed by atoms with Gasteiger partial charge >= 0.3 is 0 Å². The van der Waals surface area contributed by atoms with Crippen LogP contribution in [0.1, 0.15) is 15.9 Å². The Kier molecular flexibility index (Phi) is 4.79. The maximum absolute atomic E-state index is 12.5. The molecule has 0 aliphatic rings. The van der Waals surface area contributed by atoms with E-state index in [-0.39, 0.29) is 11.7 Å². The molecule has 108 valence electrons. The smallest absolute Gasteiger partial charge is 0.259 e. The minimum Gasteiger partial charge on any atom is -0.409 e. The van der Waals surface area contributed by atoms with E-state index in [2.05, 4.69) is 27.7 Å². The summed E-state index contributed by atoms with van der Waals surface area (Å²) in [5.74, 6) is -0.108. The van der Waals surface area contributed by atoms with E-state index >= 15 is 0 Å². The maximum Gasteiger partial charge on any atom is 0.259 e. The molecule has 0 atom stereocenters. The third kappa shape index (κ3) is 3.33. The predicted octanol–water partition coefficient (Wildman–Crippen LogP) is 2.66. The molecule has 0 radical (unpaired) electrons. The molecule has 3 N–H and O–H groups in total. The second kappa shape index (κ2) is 6.57. The minimum absolute atomic E-state index is 0.00647. The van der Waals surface area contributed by atoms with Gasteiger partial charge in [-0.3, -0.25) is 4.79 Å².